The van der Waals surface area contributed by atoms with Crippen LogP contribution in [0, 0.1) is 6.92 Å². The summed E-state index contributed by atoms with van der Waals surface area (Å²) in [6, 6.07) is 2.51. The zero-order valence-corrected chi connectivity index (χ0v) is 13.9. The molecule has 6 nitrogen and oxygen atoms in total. The predicted molar refractivity (Wildman–Crippen MR) is 90.5 cm³/mol. The van der Waals surface area contributed by atoms with E-state index in [-0.39, 0.29) is 0 Å². The van der Waals surface area contributed by atoms with E-state index in [1.807, 2.05) is 26.2 Å². The number of aryl methyl sites for hydroxylation is 1. The van der Waals surface area contributed by atoms with Gasteiger partial charge in [-0.05, 0) is 19.8 Å². The summed E-state index contributed by atoms with van der Waals surface area (Å²) >= 11 is 1.76. The zero-order chi connectivity index (χ0) is 15.4. The van der Waals surface area contributed by atoms with Gasteiger partial charge in [0.2, 0.25) is 0 Å². The maximum Gasteiger partial charge on any atom is 0.134 e. The molecule has 1 fully saturated rings. The van der Waals surface area contributed by atoms with Gasteiger partial charge in [0.25, 0.3) is 0 Å². The lowest BCUT2D eigenvalue weighted by atomic mass is 10.2. The van der Waals surface area contributed by atoms with Gasteiger partial charge in [0.15, 0.2) is 0 Å². The Morgan fingerprint density at radius 3 is 3.05 bits per heavy atom. The Labute approximate surface area is 135 Å². The molecule has 0 saturated carbocycles. The molecule has 7 heteroatoms. The summed E-state index contributed by atoms with van der Waals surface area (Å²) in [5.41, 5.74) is 0. The number of rotatable bonds is 6. The van der Waals surface area contributed by atoms with Crippen molar-refractivity contribution in [2.45, 2.75) is 32.4 Å². The second-order valence-electron chi connectivity index (χ2n) is 5.48. The minimum atomic E-state index is 0.494. The fourth-order valence-corrected chi connectivity index (χ4v) is 3.60. The van der Waals surface area contributed by atoms with Gasteiger partial charge in [-0.1, -0.05) is 0 Å². The smallest absolute Gasteiger partial charge is 0.134 e. The van der Waals surface area contributed by atoms with E-state index in [9.17, 15) is 0 Å². The maximum absolute atomic E-state index is 4.43. The highest BCUT2D eigenvalue weighted by atomic mass is 32.1. The van der Waals surface area contributed by atoms with E-state index >= 15 is 0 Å². The number of hydrogen-bond acceptors (Lipinski definition) is 7. The molecule has 3 rings (SSSR count). The van der Waals surface area contributed by atoms with Crippen LogP contribution in [0.5, 0.6) is 0 Å². The van der Waals surface area contributed by atoms with Crippen LogP contribution < -0.4 is 15.5 Å². The molecule has 118 valence electrons. The molecule has 2 aromatic rings. The molecule has 0 spiro atoms. The van der Waals surface area contributed by atoms with E-state index in [2.05, 4.69) is 30.5 Å². The molecule has 0 bridgehead atoms. The SMILES string of the molecule is CNc1cc(N2CCC[C@H]2CNCc2cnc(C)s2)ncn1. The van der Waals surface area contributed by atoms with Crippen molar-refractivity contribution in [3.05, 3.63) is 28.5 Å². The van der Waals surface area contributed by atoms with Crippen molar-refractivity contribution in [3.8, 4) is 0 Å². The van der Waals surface area contributed by atoms with Gasteiger partial charge < -0.3 is 15.5 Å². The molecule has 1 atom stereocenters. The molecule has 1 saturated heterocycles. The lowest BCUT2D eigenvalue weighted by Crippen LogP contribution is -2.38. The Kier molecular flexibility index (Phi) is 4.84. The fraction of sp³-hybridized carbons (Fsp3) is 0.533. The first-order valence-electron chi connectivity index (χ1n) is 7.64. The normalized spacial score (nSPS) is 17.9. The quantitative estimate of drug-likeness (QED) is 0.850. The second kappa shape index (κ2) is 7.02. The van der Waals surface area contributed by atoms with Gasteiger partial charge in [0.1, 0.15) is 18.0 Å². The maximum atomic E-state index is 4.43. The lowest BCUT2D eigenvalue weighted by molar-refractivity contribution is 0.573. The van der Waals surface area contributed by atoms with Gasteiger partial charge in [-0.25, -0.2) is 15.0 Å². The highest BCUT2D eigenvalue weighted by Gasteiger charge is 2.25. The van der Waals surface area contributed by atoms with Crippen LogP contribution in [0.3, 0.4) is 0 Å². The summed E-state index contributed by atoms with van der Waals surface area (Å²) in [5.74, 6) is 1.88. The van der Waals surface area contributed by atoms with Gasteiger partial charge in [0, 0.05) is 49.9 Å². The Hall–Kier alpha value is -1.73. The largest absolute Gasteiger partial charge is 0.373 e. The molecule has 0 aliphatic carbocycles. The minimum absolute atomic E-state index is 0.494. The van der Waals surface area contributed by atoms with Crippen LogP contribution >= 0.6 is 11.3 Å². The van der Waals surface area contributed by atoms with Crippen molar-refractivity contribution in [1.82, 2.24) is 20.3 Å². The number of anilines is 2. The van der Waals surface area contributed by atoms with Gasteiger partial charge in [-0.3, -0.25) is 0 Å². The summed E-state index contributed by atoms with van der Waals surface area (Å²) < 4.78 is 0. The van der Waals surface area contributed by atoms with Crippen molar-refractivity contribution in [3.63, 3.8) is 0 Å². The van der Waals surface area contributed by atoms with Crippen molar-refractivity contribution in [1.29, 1.82) is 0 Å². The standard InChI is InChI=1S/C15H22N6S/c1-11-18-9-13(22-11)8-17-7-12-4-3-5-21(12)15-6-14(16-2)19-10-20-15/h6,9-10,12,17H,3-5,7-8H2,1-2H3,(H,16,19,20)/t12-/m0/s1. The average Bonchev–Trinajstić information content (AvgIpc) is 3.16. The van der Waals surface area contributed by atoms with Gasteiger partial charge in [-0.15, -0.1) is 11.3 Å². The Balaban J connectivity index is 1.58. The van der Waals surface area contributed by atoms with Crippen LogP contribution in [0.15, 0.2) is 18.6 Å². The summed E-state index contributed by atoms with van der Waals surface area (Å²) in [7, 11) is 1.88. The Bertz CT molecular complexity index is 614. The van der Waals surface area contributed by atoms with Crippen molar-refractivity contribution >= 4 is 23.0 Å². The van der Waals surface area contributed by atoms with Gasteiger partial charge in [-0.2, -0.15) is 0 Å². The van der Waals surface area contributed by atoms with Crippen molar-refractivity contribution in [2.75, 3.05) is 30.4 Å². The molecular formula is C15H22N6S. The molecule has 0 aromatic carbocycles. The van der Waals surface area contributed by atoms with Crippen LogP contribution in [0.4, 0.5) is 11.6 Å². The number of hydrogen-bond donors (Lipinski definition) is 2. The van der Waals surface area contributed by atoms with Gasteiger partial charge >= 0.3 is 0 Å². The molecular weight excluding hydrogens is 296 g/mol. The fourth-order valence-electron chi connectivity index (χ4n) is 2.84. The topological polar surface area (TPSA) is 66.0 Å². The first-order chi connectivity index (χ1) is 10.8. The number of aromatic nitrogens is 3. The third-order valence-corrected chi connectivity index (χ3v) is 4.84. The number of nitrogens with zero attached hydrogens (tertiary/aromatic N) is 4. The monoisotopic (exact) mass is 318 g/mol. The van der Waals surface area contributed by atoms with E-state index in [0.717, 1.165) is 36.3 Å². The van der Waals surface area contributed by atoms with E-state index in [0.29, 0.717) is 6.04 Å². The lowest BCUT2D eigenvalue weighted by Gasteiger charge is -2.26. The molecule has 3 heterocycles. The first-order valence-corrected chi connectivity index (χ1v) is 8.46. The van der Waals surface area contributed by atoms with Crippen LogP contribution in [-0.2, 0) is 6.54 Å². The molecule has 1 aliphatic heterocycles. The summed E-state index contributed by atoms with van der Waals surface area (Å²) in [5, 5.41) is 7.75. The highest BCUT2D eigenvalue weighted by Crippen LogP contribution is 2.24. The Morgan fingerprint density at radius 2 is 2.27 bits per heavy atom. The minimum Gasteiger partial charge on any atom is -0.373 e. The van der Waals surface area contributed by atoms with Crippen molar-refractivity contribution < 1.29 is 0 Å². The van der Waals surface area contributed by atoms with Gasteiger partial charge in [0.05, 0.1) is 5.01 Å². The van der Waals surface area contributed by atoms with E-state index in [4.69, 9.17) is 0 Å². The van der Waals surface area contributed by atoms with E-state index < -0.39 is 0 Å². The highest BCUT2D eigenvalue weighted by molar-refractivity contribution is 7.11. The summed E-state index contributed by atoms with van der Waals surface area (Å²) in [6.07, 6.45) is 6.01. The predicted octanol–water partition coefficient (Wildman–Crippen LogP) is 2.04. The average molecular weight is 318 g/mol. The molecule has 0 amide bonds. The van der Waals surface area contributed by atoms with Crippen LogP contribution in [0.2, 0.25) is 0 Å². The third kappa shape index (κ3) is 3.53. The first kappa shape index (κ1) is 15.2. The van der Waals surface area contributed by atoms with Crippen LogP contribution in [0.25, 0.3) is 0 Å². The molecule has 0 radical (unpaired) electrons. The number of thiazole rings is 1. The number of nitrogens with one attached hydrogen (secondary N) is 2. The molecule has 0 unspecified atom stereocenters. The van der Waals surface area contributed by atoms with Crippen LogP contribution in [-0.4, -0.2) is 41.1 Å². The second-order valence-corrected chi connectivity index (χ2v) is 6.80. The van der Waals surface area contributed by atoms with E-state index in [1.54, 1.807) is 17.7 Å². The molecule has 1 aliphatic rings. The zero-order valence-electron chi connectivity index (χ0n) is 13.0. The van der Waals surface area contributed by atoms with E-state index in [1.165, 1.54) is 17.7 Å². The molecule has 2 aromatic heterocycles. The molecule has 2 N–H and O–H groups in total. The summed E-state index contributed by atoms with van der Waals surface area (Å²) in [6.45, 7) is 4.96. The summed E-state index contributed by atoms with van der Waals surface area (Å²) in [4.78, 5) is 16.6. The van der Waals surface area contributed by atoms with Crippen molar-refractivity contribution in [2.24, 2.45) is 0 Å². The Morgan fingerprint density at radius 1 is 1.36 bits per heavy atom. The molecule has 22 heavy (non-hydrogen) atoms. The third-order valence-electron chi connectivity index (χ3n) is 3.93. The van der Waals surface area contributed by atoms with Crippen LogP contribution in [0.1, 0.15) is 22.7 Å².